The number of aromatic nitrogens is 2. The fourth-order valence-electron chi connectivity index (χ4n) is 2.49. The Morgan fingerprint density at radius 1 is 1.42 bits per heavy atom. The number of ether oxygens (including phenoxy) is 1. The molecule has 0 aliphatic carbocycles. The number of hydrogen-bond donors (Lipinski definition) is 1. The third-order valence-corrected chi connectivity index (χ3v) is 3.68. The molecule has 0 saturated carbocycles. The van der Waals surface area contributed by atoms with Crippen LogP contribution in [0, 0.1) is 5.92 Å². The van der Waals surface area contributed by atoms with E-state index in [1.54, 1.807) is 6.20 Å². The Morgan fingerprint density at radius 2 is 2.37 bits per heavy atom. The quantitative estimate of drug-likeness (QED) is 0.915. The monoisotopic (exact) mass is 257 g/mol. The second kappa shape index (κ2) is 5.45. The molecule has 2 aromatic rings. The standard InChI is InChI=1S/C15H19N3O/c1-12(13-6-9-19-11-13)17-14-4-2-5-15(10-14)18-8-3-7-16-18/h2-5,7-8,10,12-13,17H,6,9,11H2,1H3. The first-order valence-electron chi connectivity index (χ1n) is 6.77. The minimum atomic E-state index is 0.426. The Kier molecular flexibility index (Phi) is 3.51. The van der Waals surface area contributed by atoms with Gasteiger partial charge in [-0.2, -0.15) is 5.10 Å². The molecule has 1 N–H and O–H groups in total. The molecule has 1 saturated heterocycles. The highest BCUT2D eigenvalue weighted by Gasteiger charge is 2.22. The van der Waals surface area contributed by atoms with Crippen molar-refractivity contribution in [3.05, 3.63) is 42.7 Å². The lowest BCUT2D eigenvalue weighted by Crippen LogP contribution is -2.26. The molecule has 4 heteroatoms. The molecule has 2 unspecified atom stereocenters. The van der Waals surface area contributed by atoms with Gasteiger partial charge in [-0.1, -0.05) is 6.07 Å². The van der Waals surface area contributed by atoms with Gasteiger partial charge in [0.2, 0.25) is 0 Å². The molecular formula is C15H19N3O. The summed E-state index contributed by atoms with van der Waals surface area (Å²) in [6, 6.07) is 10.7. The number of nitrogens with zero attached hydrogens (tertiary/aromatic N) is 2. The summed E-state index contributed by atoms with van der Waals surface area (Å²) in [7, 11) is 0. The summed E-state index contributed by atoms with van der Waals surface area (Å²) < 4.78 is 7.31. The van der Waals surface area contributed by atoms with E-state index in [1.165, 1.54) is 0 Å². The van der Waals surface area contributed by atoms with E-state index >= 15 is 0 Å². The third kappa shape index (κ3) is 2.79. The molecule has 1 aliphatic rings. The first kappa shape index (κ1) is 12.2. The van der Waals surface area contributed by atoms with Crippen LogP contribution < -0.4 is 5.32 Å². The van der Waals surface area contributed by atoms with Crippen LogP contribution in [0.15, 0.2) is 42.7 Å². The Balaban J connectivity index is 1.72. The molecule has 4 nitrogen and oxygen atoms in total. The van der Waals surface area contributed by atoms with Gasteiger partial charge in [-0.3, -0.25) is 0 Å². The topological polar surface area (TPSA) is 39.1 Å². The molecule has 0 radical (unpaired) electrons. The van der Waals surface area contributed by atoms with Gasteiger partial charge < -0.3 is 10.1 Å². The molecule has 3 rings (SSSR count). The Morgan fingerprint density at radius 3 is 3.11 bits per heavy atom. The van der Waals surface area contributed by atoms with Crippen molar-refractivity contribution in [2.24, 2.45) is 5.92 Å². The number of nitrogens with one attached hydrogen (secondary N) is 1. The summed E-state index contributed by atoms with van der Waals surface area (Å²) >= 11 is 0. The summed E-state index contributed by atoms with van der Waals surface area (Å²) in [5.41, 5.74) is 2.21. The molecule has 1 aliphatic heterocycles. The molecule has 0 bridgehead atoms. The van der Waals surface area contributed by atoms with Crippen molar-refractivity contribution in [3.63, 3.8) is 0 Å². The molecule has 2 heterocycles. The predicted molar refractivity (Wildman–Crippen MR) is 75.6 cm³/mol. The maximum Gasteiger partial charge on any atom is 0.0666 e. The minimum absolute atomic E-state index is 0.426. The van der Waals surface area contributed by atoms with Crippen LogP contribution in [0.5, 0.6) is 0 Å². The zero-order valence-corrected chi connectivity index (χ0v) is 11.1. The smallest absolute Gasteiger partial charge is 0.0666 e. The van der Waals surface area contributed by atoms with E-state index in [9.17, 15) is 0 Å². The molecule has 100 valence electrons. The highest BCUT2D eigenvalue weighted by molar-refractivity contribution is 5.51. The Bertz CT molecular complexity index is 518. The van der Waals surface area contributed by atoms with Crippen LogP contribution in [0.1, 0.15) is 13.3 Å². The van der Waals surface area contributed by atoms with Gasteiger partial charge in [0.25, 0.3) is 0 Å². The molecule has 2 atom stereocenters. The van der Waals surface area contributed by atoms with E-state index in [0.717, 1.165) is 31.0 Å². The van der Waals surface area contributed by atoms with Crippen molar-refractivity contribution in [2.75, 3.05) is 18.5 Å². The molecule has 0 amide bonds. The highest BCUT2D eigenvalue weighted by atomic mass is 16.5. The lowest BCUT2D eigenvalue weighted by atomic mass is 10.0. The summed E-state index contributed by atoms with van der Waals surface area (Å²) in [6.07, 6.45) is 4.89. The third-order valence-electron chi connectivity index (χ3n) is 3.68. The second-order valence-electron chi connectivity index (χ2n) is 5.06. The second-order valence-corrected chi connectivity index (χ2v) is 5.06. The summed E-state index contributed by atoms with van der Waals surface area (Å²) in [5, 5.41) is 7.82. The largest absolute Gasteiger partial charge is 0.382 e. The van der Waals surface area contributed by atoms with E-state index in [4.69, 9.17) is 4.74 Å². The van der Waals surface area contributed by atoms with Crippen LogP contribution in [0.25, 0.3) is 5.69 Å². The molecule has 19 heavy (non-hydrogen) atoms. The van der Waals surface area contributed by atoms with Gasteiger partial charge in [0, 0.05) is 36.6 Å². The summed E-state index contributed by atoms with van der Waals surface area (Å²) in [6.45, 7) is 3.98. The van der Waals surface area contributed by atoms with Crippen LogP contribution in [-0.4, -0.2) is 29.0 Å². The SMILES string of the molecule is CC(Nc1cccc(-n2cccn2)c1)C1CCOC1. The van der Waals surface area contributed by atoms with Crippen LogP contribution in [-0.2, 0) is 4.74 Å². The highest BCUT2D eigenvalue weighted by Crippen LogP contribution is 2.21. The minimum Gasteiger partial charge on any atom is -0.382 e. The molecule has 1 fully saturated rings. The fraction of sp³-hybridized carbons (Fsp3) is 0.400. The first-order valence-corrected chi connectivity index (χ1v) is 6.77. The van der Waals surface area contributed by atoms with Crippen molar-refractivity contribution in [2.45, 2.75) is 19.4 Å². The van der Waals surface area contributed by atoms with Crippen molar-refractivity contribution in [1.82, 2.24) is 9.78 Å². The van der Waals surface area contributed by atoms with Gasteiger partial charge in [0.1, 0.15) is 0 Å². The number of anilines is 1. The van der Waals surface area contributed by atoms with Gasteiger partial charge in [-0.25, -0.2) is 4.68 Å². The zero-order chi connectivity index (χ0) is 13.1. The molecular weight excluding hydrogens is 238 g/mol. The van der Waals surface area contributed by atoms with E-state index in [1.807, 2.05) is 16.9 Å². The van der Waals surface area contributed by atoms with Crippen molar-refractivity contribution < 1.29 is 4.74 Å². The van der Waals surface area contributed by atoms with Gasteiger partial charge in [0.05, 0.1) is 12.3 Å². The van der Waals surface area contributed by atoms with Crippen molar-refractivity contribution >= 4 is 5.69 Å². The molecule has 1 aromatic carbocycles. The number of hydrogen-bond acceptors (Lipinski definition) is 3. The normalized spacial score (nSPS) is 20.4. The van der Waals surface area contributed by atoms with Crippen LogP contribution in [0.2, 0.25) is 0 Å². The maximum absolute atomic E-state index is 5.44. The summed E-state index contributed by atoms with van der Waals surface area (Å²) in [4.78, 5) is 0. The first-order chi connectivity index (χ1) is 9.33. The van der Waals surface area contributed by atoms with Crippen LogP contribution >= 0.6 is 0 Å². The van der Waals surface area contributed by atoms with E-state index in [0.29, 0.717) is 12.0 Å². The number of rotatable bonds is 4. The van der Waals surface area contributed by atoms with E-state index < -0.39 is 0 Å². The van der Waals surface area contributed by atoms with Gasteiger partial charge in [-0.15, -0.1) is 0 Å². The Labute approximate surface area is 113 Å². The average Bonchev–Trinajstić information content (AvgIpc) is 3.13. The lowest BCUT2D eigenvalue weighted by Gasteiger charge is -2.20. The fourth-order valence-corrected chi connectivity index (χ4v) is 2.49. The van der Waals surface area contributed by atoms with E-state index in [2.05, 4.69) is 41.6 Å². The van der Waals surface area contributed by atoms with Crippen LogP contribution in [0.3, 0.4) is 0 Å². The maximum atomic E-state index is 5.44. The molecule has 0 spiro atoms. The Hall–Kier alpha value is -1.81. The van der Waals surface area contributed by atoms with Crippen molar-refractivity contribution in [3.8, 4) is 5.69 Å². The molecule has 1 aromatic heterocycles. The average molecular weight is 257 g/mol. The van der Waals surface area contributed by atoms with E-state index in [-0.39, 0.29) is 0 Å². The van der Waals surface area contributed by atoms with Gasteiger partial charge in [-0.05, 0) is 37.6 Å². The van der Waals surface area contributed by atoms with Crippen LogP contribution in [0.4, 0.5) is 5.69 Å². The zero-order valence-electron chi connectivity index (χ0n) is 11.1. The number of benzene rings is 1. The van der Waals surface area contributed by atoms with Gasteiger partial charge in [0.15, 0.2) is 0 Å². The summed E-state index contributed by atoms with van der Waals surface area (Å²) in [5.74, 6) is 0.605. The lowest BCUT2D eigenvalue weighted by molar-refractivity contribution is 0.183. The predicted octanol–water partition coefficient (Wildman–Crippen LogP) is 2.71. The van der Waals surface area contributed by atoms with Crippen molar-refractivity contribution in [1.29, 1.82) is 0 Å². The van der Waals surface area contributed by atoms with Gasteiger partial charge >= 0.3 is 0 Å².